The molecule has 0 spiro atoms. The molecule has 0 aliphatic rings. The molecule has 0 amide bonds. The number of rotatable bonds is 2. The van der Waals surface area contributed by atoms with Crippen LogP contribution in [0.2, 0.25) is 9.10 Å². The molecule has 0 radical (unpaired) electrons. The third-order valence-electron chi connectivity index (χ3n) is 1.28. The second-order valence-corrected chi connectivity index (χ2v) is 5.87. The van der Waals surface area contributed by atoms with Gasteiger partial charge in [0.05, 0.1) is 0 Å². The van der Waals surface area contributed by atoms with Crippen molar-refractivity contribution in [2.75, 3.05) is 0 Å². The molecule has 0 unspecified atom stereocenters. The third kappa shape index (κ3) is 6.77. The minimum Gasteiger partial charge on any atom is -0.148 e. The summed E-state index contributed by atoms with van der Waals surface area (Å²) in [6.45, 7) is 9.29. The first-order valence-corrected chi connectivity index (χ1v) is 5.56. The van der Waals surface area contributed by atoms with Crippen molar-refractivity contribution >= 4 is 20.4 Å². The van der Waals surface area contributed by atoms with E-state index < -0.39 is 0 Å². The summed E-state index contributed by atoms with van der Waals surface area (Å²) in [7, 11) is 0. The normalized spacial score (nSPS) is 11.0. The number of hydrogen-bond donors (Lipinski definition) is 0. The molecule has 1 heteroatoms. The Morgan fingerprint density at radius 1 is 1.25 bits per heavy atom. The van der Waals surface area contributed by atoms with E-state index in [1.54, 1.807) is 0 Å². The summed E-state index contributed by atoms with van der Waals surface area (Å²) >= 11 is 0.318. The maximum atomic E-state index is 2.33. The number of hydrogen-bond acceptors (Lipinski definition) is 0. The van der Waals surface area contributed by atoms with Gasteiger partial charge in [-0.3, -0.25) is 0 Å². The predicted molar refractivity (Wildman–Crippen MR) is 40.5 cm³/mol. The van der Waals surface area contributed by atoms with Gasteiger partial charge in [0.1, 0.15) is 0 Å². The van der Waals surface area contributed by atoms with Gasteiger partial charge in [0.15, 0.2) is 0 Å². The van der Waals surface area contributed by atoms with Crippen molar-refractivity contribution in [2.24, 2.45) is 5.41 Å². The van der Waals surface area contributed by atoms with Gasteiger partial charge < -0.3 is 0 Å². The Labute approximate surface area is 62.8 Å². The summed E-state index contributed by atoms with van der Waals surface area (Å²) in [6, 6.07) is 0. The second kappa shape index (κ2) is 3.73. The Hall–Kier alpha value is 0.766. The molecular weight excluding hydrogens is 108 g/mol. The molecule has 0 aromatic carbocycles. The monoisotopic (exact) mass is 124 g/mol. The van der Waals surface area contributed by atoms with Crippen LogP contribution in [0, 0.1) is 5.41 Å². The second-order valence-electron chi connectivity index (χ2n) is 3.66. The SMILES string of the molecule is C[CH2][Mg][CH2]C(C)(C)C. The van der Waals surface area contributed by atoms with E-state index in [0.717, 1.165) is 0 Å². The first kappa shape index (κ1) is 8.77. The molecule has 0 heterocycles. The molecule has 0 aliphatic heterocycles. The Morgan fingerprint density at radius 3 is 1.88 bits per heavy atom. The van der Waals surface area contributed by atoms with Gasteiger partial charge in [-0.15, -0.1) is 9.10 Å². The fourth-order valence-corrected chi connectivity index (χ4v) is 2.12. The largest absolute Gasteiger partial charge is 0.364 e. The van der Waals surface area contributed by atoms with Crippen LogP contribution in [-0.2, 0) is 0 Å². The van der Waals surface area contributed by atoms with Gasteiger partial charge in [-0.05, 0) is 0 Å². The first-order chi connectivity index (χ1) is 3.56. The standard InChI is InChI=1S/C5H11.C2H5.Mg/c1-5(2,3)4;1-2;/h1H2,2-4H3;1H2,2H3;. The predicted octanol–water partition coefficient (Wildman–Crippen LogP) is 2.59. The zero-order chi connectivity index (χ0) is 6.62. The molecule has 0 fully saturated rings. The molecule has 0 N–H and O–H groups in total. The zero-order valence-electron chi connectivity index (χ0n) is 6.62. The highest BCUT2D eigenvalue weighted by Gasteiger charge is 2.08. The van der Waals surface area contributed by atoms with Crippen LogP contribution in [0.1, 0.15) is 27.7 Å². The van der Waals surface area contributed by atoms with Crippen LogP contribution in [0.4, 0.5) is 0 Å². The van der Waals surface area contributed by atoms with Crippen LogP contribution < -0.4 is 0 Å². The Bertz CT molecular complexity index is 51.9. The smallest absolute Gasteiger partial charge is 0.148 e. The van der Waals surface area contributed by atoms with E-state index in [1.165, 1.54) is 9.10 Å². The molecular formula is C7H16Mg. The fraction of sp³-hybridized carbons (Fsp3) is 1.00. The van der Waals surface area contributed by atoms with Gasteiger partial charge in [-0.1, -0.05) is 33.1 Å². The molecule has 0 aromatic rings. The molecule has 46 valence electrons. The van der Waals surface area contributed by atoms with Crippen molar-refractivity contribution in [3.8, 4) is 0 Å². The summed E-state index contributed by atoms with van der Waals surface area (Å²) < 4.78 is 2.97. The van der Waals surface area contributed by atoms with Crippen molar-refractivity contribution < 1.29 is 0 Å². The van der Waals surface area contributed by atoms with Crippen molar-refractivity contribution in [1.82, 2.24) is 0 Å². The molecule has 0 aliphatic carbocycles. The minimum atomic E-state index is 0.318. The Kier molecular flexibility index (Phi) is 4.08. The summed E-state index contributed by atoms with van der Waals surface area (Å²) in [6.07, 6.45) is 0. The van der Waals surface area contributed by atoms with Crippen LogP contribution >= 0.6 is 0 Å². The van der Waals surface area contributed by atoms with E-state index in [4.69, 9.17) is 0 Å². The minimum absolute atomic E-state index is 0.318. The van der Waals surface area contributed by atoms with E-state index in [1.807, 2.05) is 0 Å². The van der Waals surface area contributed by atoms with Crippen LogP contribution in [0.25, 0.3) is 0 Å². The highest BCUT2D eigenvalue weighted by Crippen LogP contribution is 2.18. The Balaban J connectivity index is 3.11. The van der Waals surface area contributed by atoms with Crippen LogP contribution in [0.15, 0.2) is 0 Å². The van der Waals surface area contributed by atoms with Crippen molar-refractivity contribution in [2.45, 2.75) is 36.8 Å². The van der Waals surface area contributed by atoms with Crippen LogP contribution in [-0.4, -0.2) is 20.4 Å². The van der Waals surface area contributed by atoms with E-state index in [-0.39, 0.29) is 0 Å². The van der Waals surface area contributed by atoms with Gasteiger partial charge in [-0.2, -0.15) is 0 Å². The topological polar surface area (TPSA) is 0 Å². The molecule has 0 rings (SSSR count). The molecule has 8 heavy (non-hydrogen) atoms. The quantitative estimate of drug-likeness (QED) is 0.497. The highest BCUT2D eigenvalue weighted by molar-refractivity contribution is 6.35. The van der Waals surface area contributed by atoms with E-state index in [2.05, 4.69) is 27.7 Å². The van der Waals surface area contributed by atoms with Crippen molar-refractivity contribution in [3.05, 3.63) is 0 Å². The van der Waals surface area contributed by atoms with E-state index >= 15 is 0 Å². The maximum Gasteiger partial charge on any atom is 0.364 e. The molecule has 0 aromatic heterocycles. The fourth-order valence-electron chi connectivity index (χ4n) is 0.707. The van der Waals surface area contributed by atoms with Gasteiger partial charge >= 0.3 is 20.4 Å². The van der Waals surface area contributed by atoms with Crippen molar-refractivity contribution in [1.29, 1.82) is 0 Å². The zero-order valence-corrected chi connectivity index (χ0v) is 8.04. The molecule has 0 nitrogen and oxygen atoms in total. The lowest BCUT2D eigenvalue weighted by Gasteiger charge is -2.16. The van der Waals surface area contributed by atoms with Gasteiger partial charge in [-0.25, -0.2) is 0 Å². The maximum absolute atomic E-state index is 2.33. The average molecular weight is 125 g/mol. The highest BCUT2D eigenvalue weighted by atomic mass is 24.5. The summed E-state index contributed by atoms with van der Waals surface area (Å²) in [5.74, 6) is 0. The average Bonchev–Trinajstić information content (AvgIpc) is 1.59. The van der Waals surface area contributed by atoms with Gasteiger partial charge in [0.25, 0.3) is 0 Å². The van der Waals surface area contributed by atoms with E-state index in [0.29, 0.717) is 25.8 Å². The Morgan fingerprint density at radius 2 is 1.75 bits per heavy atom. The molecule has 0 saturated carbocycles. The lowest BCUT2D eigenvalue weighted by molar-refractivity contribution is 0.466. The summed E-state index contributed by atoms with van der Waals surface area (Å²) in [4.78, 5) is 0. The lowest BCUT2D eigenvalue weighted by atomic mass is 10.0. The van der Waals surface area contributed by atoms with Gasteiger partial charge in [0.2, 0.25) is 0 Å². The van der Waals surface area contributed by atoms with Crippen LogP contribution in [0.5, 0.6) is 0 Å². The lowest BCUT2D eigenvalue weighted by Crippen LogP contribution is -2.07. The van der Waals surface area contributed by atoms with E-state index in [9.17, 15) is 0 Å². The first-order valence-electron chi connectivity index (χ1n) is 3.56. The molecule has 0 atom stereocenters. The third-order valence-corrected chi connectivity index (χ3v) is 3.84. The molecule has 0 bridgehead atoms. The summed E-state index contributed by atoms with van der Waals surface area (Å²) in [5, 5.41) is 0. The van der Waals surface area contributed by atoms with Crippen molar-refractivity contribution in [3.63, 3.8) is 0 Å². The van der Waals surface area contributed by atoms with Crippen LogP contribution in [0.3, 0.4) is 0 Å². The van der Waals surface area contributed by atoms with Gasteiger partial charge in [0, 0.05) is 0 Å². The summed E-state index contributed by atoms with van der Waals surface area (Å²) in [5.41, 5.74) is 0.613. The molecule has 0 saturated heterocycles.